The fraction of sp³-hybridized carbons (Fsp3) is 0.389. The summed E-state index contributed by atoms with van der Waals surface area (Å²) in [6, 6.07) is 5.87. The van der Waals surface area contributed by atoms with Crippen LogP contribution in [0.5, 0.6) is 0 Å². The molecule has 1 N–H and O–H groups in total. The second kappa shape index (κ2) is 7.48. The lowest BCUT2D eigenvalue weighted by Crippen LogP contribution is -2.50. The number of oxazole rings is 1. The van der Waals surface area contributed by atoms with E-state index >= 15 is 0 Å². The Morgan fingerprint density at radius 3 is 2.64 bits per heavy atom. The highest BCUT2D eigenvalue weighted by Crippen LogP contribution is 2.18. The Bertz CT molecular complexity index is 750. The molecule has 2 amide bonds. The first-order valence-electron chi connectivity index (χ1n) is 8.30. The van der Waals surface area contributed by atoms with Crippen LogP contribution in [-0.4, -0.2) is 59.3 Å². The molecule has 132 valence electrons. The van der Waals surface area contributed by atoms with E-state index in [1.165, 1.54) is 12.7 Å². The Morgan fingerprint density at radius 1 is 1.20 bits per heavy atom. The number of piperazine rings is 1. The van der Waals surface area contributed by atoms with Gasteiger partial charge in [-0.2, -0.15) is 0 Å². The minimum absolute atomic E-state index is 0.0371. The number of carbonyl (C=O) groups is 2. The molecule has 0 radical (unpaired) electrons. The number of nitrogens with zero attached hydrogens (tertiary/aromatic N) is 3. The maximum Gasteiger partial charge on any atom is 0.275 e. The minimum Gasteiger partial charge on any atom is -0.451 e. The molecule has 2 aromatic rings. The molecule has 1 aliphatic heterocycles. The van der Waals surface area contributed by atoms with Crippen molar-refractivity contribution in [2.75, 3.05) is 38.0 Å². The van der Waals surface area contributed by atoms with E-state index in [9.17, 15) is 9.59 Å². The number of hydrogen-bond acceptors (Lipinski definition) is 5. The van der Waals surface area contributed by atoms with Crippen LogP contribution in [0.25, 0.3) is 0 Å². The second-order valence-corrected chi connectivity index (χ2v) is 6.24. The molecule has 0 atom stereocenters. The van der Waals surface area contributed by atoms with E-state index < -0.39 is 0 Å². The lowest BCUT2D eigenvalue weighted by Gasteiger charge is -2.33. The Kier molecular flexibility index (Phi) is 5.14. The number of benzene rings is 1. The molecule has 3 rings (SSSR count). The average molecular weight is 342 g/mol. The number of carbonyl (C=O) groups excluding carboxylic acids is 2. The number of aryl methyl sites for hydroxylation is 1. The van der Waals surface area contributed by atoms with Crippen LogP contribution in [0.1, 0.15) is 21.6 Å². The normalized spacial score (nSPS) is 15.2. The molecule has 0 spiro atoms. The summed E-state index contributed by atoms with van der Waals surface area (Å²) in [6.45, 7) is 6.80. The van der Waals surface area contributed by atoms with Gasteiger partial charge in [0.2, 0.25) is 5.91 Å². The van der Waals surface area contributed by atoms with E-state index in [1.807, 2.05) is 36.9 Å². The van der Waals surface area contributed by atoms with Crippen molar-refractivity contribution in [2.24, 2.45) is 0 Å². The molecule has 25 heavy (non-hydrogen) atoms. The van der Waals surface area contributed by atoms with Crippen LogP contribution < -0.4 is 5.32 Å². The van der Waals surface area contributed by atoms with Crippen LogP contribution in [0.4, 0.5) is 5.69 Å². The van der Waals surface area contributed by atoms with Gasteiger partial charge in [-0.3, -0.25) is 14.5 Å². The Balaban J connectivity index is 1.49. The smallest absolute Gasteiger partial charge is 0.275 e. The van der Waals surface area contributed by atoms with Crippen LogP contribution in [0.3, 0.4) is 0 Å². The van der Waals surface area contributed by atoms with Gasteiger partial charge in [0.1, 0.15) is 6.26 Å². The third kappa shape index (κ3) is 4.06. The van der Waals surface area contributed by atoms with Gasteiger partial charge in [-0.05, 0) is 31.0 Å². The predicted molar refractivity (Wildman–Crippen MR) is 93.4 cm³/mol. The highest BCUT2D eigenvalue weighted by Gasteiger charge is 2.24. The largest absolute Gasteiger partial charge is 0.451 e. The van der Waals surface area contributed by atoms with E-state index in [-0.39, 0.29) is 11.8 Å². The third-order valence-corrected chi connectivity index (χ3v) is 4.56. The van der Waals surface area contributed by atoms with Crippen LogP contribution in [0.15, 0.2) is 35.3 Å². The summed E-state index contributed by atoms with van der Waals surface area (Å²) >= 11 is 0. The van der Waals surface area contributed by atoms with Crippen LogP contribution in [0, 0.1) is 13.8 Å². The van der Waals surface area contributed by atoms with E-state index in [1.54, 1.807) is 4.90 Å². The summed E-state index contributed by atoms with van der Waals surface area (Å²) in [5.74, 6) is -0.168. The molecular weight excluding hydrogens is 320 g/mol. The summed E-state index contributed by atoms with van der Waals surface area (Å²) < 4.78 is 4.85. The third-order valence-electron chi connectivity index (χ3n) is 4.56. The molecule has 7 heteroatoms. The van der Waals surface area contributed by atoms with E-state index in [0.717, 1.165) is 16.8 Å². The van der Waals surface area contributed by atoms with E-state index in [2.05, 4.69) is 10.3 Å². The molecular formula is C18H22N4O3. The Morgan fingerprint density at radius 2 is 1.96 bits per heavy atom. The molecule has 2 heterocycles. The Hall–Kier alpha value is -2.67. The zero-order chi connectivity index (χ0) is 17.8. The number of rotatable bonds is 4. The van der Waals surface area contributed by atoms with Crippen molar-refractivity contribution in [3.05, 3.63) is 47.7 Å². The first kappa shape index (κ1) is 17.2. The van der Waals surface area contributed by atoms with Crippen molar-refractivity contribution in [2.45, 2.75) is 13.8 Å². The zero-order valence-corrected chi connectivity index (χ0v) is 14.5. The summed E-state index contributed by atoms with van der Waals surface area (Å²) in [4.78, 5) is 32.2. The quantitative estimate of drug-likeness (QED) is 0.915. The van der Waals surface area contributed by atoms with Gasteiger partial charge in [0, 0.05) is 31.9 Å². The first-order valence-corrected chi connectivity index (χ1v) is 8.30. The number of hydrogen-bond donors (Lipinski definition) is 1. The average Bonchev–Trinajstić information content (AvgIpc) is 3.13. The standard InChI is InChI=1S/C18H22N4O3/c1-13-4-3-5-15(14(13)2)20-17(23)10-21-6-8-22(9-7-21)18(24)16-11-25-12-19-16/h3-5,11-12H,6-10H2,1-2H3,(H,20,23). The van der Waals surface area contributed by atoms with Gasteiger partial charge in [-0.25, -0.2) is 4.98 Å². The number of anilines is 1. The monoisotopic (exact) mass is 342 g/mol. The topological polar surface area (TPSA) is 78.7 Å². The molecule has 0 aliphatic carbocycles. The van der Waals surface area contributed by atoms with Crippen molar-refractivity contribution < 1.29 is 14.0 Å². The highest BCUT2D eigenvalue weighted by molar-refractivity contribution is 5.93. The maximum absolute atomic E-state index is 12.3. The first-order chi connectivity index (χ1) is 12.0. The van der Waals surface area contributed by atoms with Gasteiger partial charge in [0.05, 0.1) is 6.54 Å². The Labute approximate surface area is 146 Å². The summed E-state index contributed by atoms with van der Waals surface area (Å²) in [5, 5.41) is 2.97. The maximum atomic E-state index is 12.3. The summed E-state index contributed by atoms with van der Waals surface area (Å²) in [5.41, 5.74) is 3.41. The molecule has 0 bridgehead atoms. The fourth-order valence-electron chi connectivity index (χ4n) is 2.87. The highest BCUT2D eigenvalue weighted by atomic mass is 16.3. The van der Waals surface area contributed by atoms with E-state index in [0.29, 0.717) is 38.4 Å². The molecule has 1 saturated heterocycles. The molecule has 0 saturated carbocycles. The SMILES string of the molecule is Cc1cccc(NC(=O)CN2CCN(C(=O)c3cocn3)CC2)c1C. The number of aromatic nitrogens is 1. The van der Waals surface area contributed by atoms with Gasteiger partial charge >= 0.3 is 0 Å². The summed E-state index contributed by atoms with van der Waals surface area (Å²) in [7, 11) is 0. The number of amides is 2. The molecule has 0 unspecified atom stereocenters. The summed E-state index contributed by atoms with van der Waals surface area (Å²) in [6.07, 6.45) is 2.60. The minimum atomic E-state index is -0.131. The van der Waals surface area contributed by atoms with Crippen LogP contribution >= 0.6 is 0 Å². The molecule has 1 fully saturated rings. The van der Waals surface area contributed by atoms with E-state index in [4.69, 9.17) is 4.42 Å². The van der Waals surface area contributed by atoms with Gasteiger partial charge < -0.3 is 14.6 Å². The van der Waals surface area contributed by atoms with Gasteiger partial charge in [-0.1, -0.05) is 12.1 Å². The fourth-order valence-corrected chi connectivity index (χ4v) is 2.87. The second-order valence-electron chi connectivity index (χ2n) is 6.24. The number of nitrogens with one attached hydrogen (secondary N) is 1. The van der Waals surface area contributed by atoms with Crippen molar-refractivity contribution in [1.82, 2.24) is 14.8 Å². The molecule has 1 aromatic carbocycles. The lowest BCUT2D eigenvalue weighted by atomic mass is 10.1. The molecule has 7 nitrogen and oxygen atoms in total. The van der Waals surface area contributed by atoms with Crippen LogP contribution in [0.2, 0.25) is 0 Å². The molecule has 1 aromatic heterocycles. The van der Waals surface area contributed by atoms with Crippen LogP contribution in [-0.2, 0) is 4.79 Å². The predicted octanol–water partition coefficient (Wildman–Crippen LogP) is 1.69. The van der Waals surface area contributed by atoms with Gasteiger partial charge in [-0.15, -0.1) is 0 Å². The van der Waals surface area contributed by atoms with Crippen molar-refractivity contribution >= 4 is 17.5 Å². The molecule has 1 aliphatic rings. The zero-order valence-electron chi connectivity index (χ0n) is 14.5. The van der Waals surface area contributed by atoms with Crippen molar-refractivity contribution in [3.63, 3.8) is 0 Å². The van der Waals surface area contributed by atoms with Crippen molar-refractivity contribution in [1.29, 1.82) is 0 Å². The lowest BCUT2D eigenvalue weighted by molar-refractivity contribution is -0.117. The van der Waals surface area contributed by atoms with Gasteiger partial charge in [0.25, 0.3) is 5.91 Å². The van der Waals surface area contributed by atoms with Crippen molar-refractivity contribution in [3.8, 4) is 0 Å². The van der Waals surface area contributed by atoms with Gasteiger partial charge in [0.15, 0.2) is 12.1 Å².